The number of benzene rings is 1. The molecule has 0 saturated carbocycles. The van der Waals surface area contributed by atoms with Gasteiger partial charge in [0.2, 0.25) is 0 Å². The van der Waals surface area contributed by atoms with Crippen LogP contribution in [0.4, 0.5) is 0 Å². The Kier molecular flexibility index (Phi) is 4.22. The molecular weight excluding hydrogens is 349 g/mol. The highest BCUT2D eigenvalue weighted by Gasteiger charge is 2.08. The molecule has 1 N–H and O–H groups in total. The molecule has 0 radical (unpaired) electrons. The summed E-state index contributed by atoms with van der Waals surface area (Å²) in [5.74, 6) is 0. The highest BCUT2D eigenvalue weighted by Crippen LogP contribution is 2.23. The summed E-state index contributed by atoms with van der Waals surface area (Å²) in [6, 6.07) is 7.30. The molecular formula is C14H10Cl3N3S. The molecule has 0 bridgehead atoms. The average molecular weight is 359 g/mol. The van der Waals surface area contributed by atoms with Crippen molar-refractivity contribution in [3.63, 3.8) is 0 Å². The fraction of sp³-hybridized carbons (Fsp3) is 0.143. The molecule has 21 heavy (non-hydrogen) atoms. The molecule has 0 aliphatic rings. The van der Waals surface area contributed by atoms with Gasteiger partial charge in [0, 0.05) is 22.8 Å². The first-order valence-electron chi connectivity index (χ1n) is 6.22. The number of halogens is 3. The van der Waals surface area contributed by atoms with Crippen LogP contribution in [-0.2, 0) is 13.0 Å². The zero-order valence-electron chi connectivity index (χ0n) is 10.7. The van der Waals surface area contributed by atoms with E-state index in [1.807, 2.05) is 22.8 Å². The van der Waals surface area contributed by atoms with Crippen molar-refractivity contribution in [2.45, 2.75) is 13.0 Å². The van der Waals surface area contributed by atoms with E-state index in [4.69, 9.17) is 47.0 Å². The first-order chi connectivity index (χ1) is 10.0. The molecule has 0 spiro atoms. The van der Waals surface area contributed by atoms with E-state index in [2.05, 4.69) is 9.97 Å². The average Bonchev–Trinajstić information content (AvgIpc) is 2.72. The minimum atomic E-state index is 0.576. The van der Waals surface area contributed by atoms with Gasteiger partial charge >= 0.3 is 0 Å². The van der Waals surface area contributed by atoms with Gasteiger partial charge in [0.15, 0.2) is 10.4 Å². The quantitative estimate of drug-likeness (QED) is 0.645. The molecule has 3 nitrogen and oxygen atoms in total. The molecule has 0 aliphatic carbocycles. The van der Waals surface area contributed by atoms with Gasteiger partial charge in [-0.3, -0.25) is 0 Å². The maximum atomic E-state index is 6.19. The van der Waals surface area contributed by atoms with Gasteiger partial charge < -0.3 is 9.55 Å². The van der Waals surface area contributed by atoms with Crippen molar-refractivity contribution in [1.29, 1.82) is 0 Å². The van der Waals surface area contributed by atoms with E-state index < -0.39 is 0 Å². The zero-order chi connectivity index (χ0) is 15.0. The summed E-state index contributed by atoms with van der Waals surface area (Å²) in [5.41, 5.74) is 2.63. The third kappa shape index (κ3) is 3.09. The van der Waals surface area contributed by atoms with Crippen molar-refractivity contribution in [3.8, 4) is 0 Å². The lowest BCUT2D eigenvalue weighted by atomic mass is 10.1. The number of hydrogen-bond acceptors (Lipinski definition) is 2. The van der Waals surface area contributed by atoms with Gasteiger partial charge in [-0.05, 0) is 42.4 Å². The predicted molar refractivity (Wildman–Crippen MR) is 90.1 cm³/mol. The number of nitrogens with one attached hydrogen (secondary N) is 1. The van der Waals surface area contributed by atoms with Crippen LogP contribution in [0.25, 0.3) is 11.2 Å². The van der Waals surface area contributed by atoms with Crippen LogP contribution in [0.3, 0.4) is 0 Å². The highest BCUT2D eigenvalue weighted by atomic mass is 35.5. The van der Waals surface area contributed by atoms with Crippen molar-refractivity contribution in [3.05, 3.63) is 55.9 Å². The maximum Gasteiger partial charge on any atom is 0.179 e. The first kappa shape index (κ1) is 14.9. The van der Waals surface area contributed by atoms with Crippen molar-refractivity contribution in [2.75, 3.05) is 0 Å². The molecule has 1 aromatic carbocycles. The van der Waals surface area contributed by atoms with E-state index in [0.717, 1.165) is 23.1 Å². The Hall–Kier alpha value is -1.07. The molecule has 3 rings (SSSR count). The zero-order valence-corrected chi connectivity index (χ0v) is 13.8. The van der Waals surface area contributed by atoms with Crippen molar-refractivity contribution < 1.29 is 0 Å². The lowest BCUT2D eigenvalue weighted by Crippen LogP contribution is -2.02. The Morgan fingerprint density at radius 1 is 1.14 bits per heavy atom. The number of rotatable bonds is 3. The number of nitrogens with zero attached hydrogens (tertiary/aromatic N) is 2. The van der Waals surface area contributed by atoms with Gasteiger partial charge in [-0.25, -0.2) is 4.98 Å². The number of aromatic amines is 1. The van der Waals surface area contributed by atoms with E-state index in [1.165, 1.54) is 0 Å². The third-order valence-corrected chi connectivity index (χ3v) is 4.31. The molecule has 0 fully saturated rings. The number of hydrogen-bond donors (Lipinski definition) is 1. The fourth-order valence-electron chi connectivity index (χ4n) is 2.18. The normalized spacial score (nSPS) is 11.2. The summed E-state index contributed by atoms with van der Waals surface area (Å²) >= 11 is 23.4. The SMILES string of the molecule is S=c1[nH]c2cc(Cl)cnc2n1CCc1ccc(Cl)cc1Cl. The summed E-state index contributed by atoms with van der Waals surface area (Å²) < 4.78 is 2.55. The maximum absolute atomic E-state index is 6.19. The number of H-pyrrole nitrogens is 1. The van der Waals surface area contributed by atoms with Crippen LogP contribution < -0.4 is 0 Å². The molecule has 0 atom stereocenters. The summed E-state index contributed by atoms with van der Waals surface area (Å²) in [7, 11) is 0. The van der Waals surface area contributed by atoms with Crippen LogP contribution in [-0.4, -0.2) is 14.5 Å². The van der Waals surface area contributed by atoms with Crippen LogP contribution in [0, 0.1) is 4.77 Å². The Balaban J connectivity index is 1.91. The van der Waals surface area contributed by atoms with Crippen LogP contribution in [0.1, 0.15) is 5.56 Å². The molecule has 0 saturated heterocycles. The van der Waals surface area contributed by atoms with Crippen molar-refractivity contribution in [2.24, 2.45) is 0 Å². The Labute approximate surface area is 141 Å². The van der Waals surface area contributed by atoms with Crippen LogP contribution in [0.5, 0.6) is 0 Å². The summed E-state index contributed by atoms with van der Waals surface area (Å²) in [6.07, 6.45) is 2.35. The van der Waals surface area contributed by atoms with E-state index in [-0.39, 0.29) is 0 Å². The summed E-state index contributed by atoms with van der Waals surface area (Å²) in [4.78, 5) is 7.43. The van der Waals surface area contributed by atoms with Crippen LogP contribution in [0.15, 0.2) is 30.5 Å². The largest absolute Gasteiger partial charge is 0.329 e. The number of imidazole rings is 1. The topological polar surface area (TPSA) is 33.6 Å². The Morgan fingerprint density at radius 2 is 1.95 bits per heavy atom. The Bertz CT molecular complexity index is 870. The van der Waals surface area contributed by atoms with Gasteiger partial charge in [-0.1, -0.05) is 40.9 Å². The van der Waals surface area contributed by atoms with Crippen LogP contribution in [0.2, 0.25) is 15.1 Å². The Morgan fingerprint density at radius 3 is 2.71 bits per heavy atom. The molecule has 3 aromatic rings. The summed E-state index contributed by atoms with van der Waals surface area (Å²) in [6.45, 7) is 0.675. The van der Waals surface area contributed by atoms with Gasteiger partial charge in [0.25, 0.3) is 0 Å². The minimum Gasteiger partial charge on any atom is -0.329 e. The van der Waals surface area contributed by atoms with Gasteiger partial charge in [-0.15, -0.1) is 0 Å². The molecule has 7 heteroatoms. The predicted octanol–water partition coefficient (Wildman–Crippen LogP) is 5.30. The molecule has 0 amide bonds. The highest BCUT2D eigenvalue weighted by molar-refractivity contribution is 7.71. The molecule has 108 valence electrons. The minimum absolute atomic E-state index is 0.576. The van der Waals surface area contributed by atoms with Gasteiger partial charge in [0.05, 0.1) is 10.5 Å². The van der Waals surface area contributed by atoms with Gasteiger partial charge in [0.1, 0.15) is 0 Å². The lowest BCUT2D eigenvalue weighted by Gasteiger charge is -2.06. The standard InChI is InChI=1S/C14H10Cl3N3S/c15-9-2-1-8(11(17)5-9)3-4-20-13-12(19-14(20)21)6-10(16)7-18-13/h1-2,5-7H,3-4H2,(H,19,21). The fourth-order valence-corrected chi connectivity index (χ4v) is 3.13. The third-order valence-electron chi connectivity index (χ3n) is 3.20. The van der Waals surface area contributed by atoms with E-state index in [0.29, 0.717) is 26.4 Å². The molecule has 0 unspecified atom stereocenters. The molecule has 0 aliphatic heterocycles. The second-order valence-corrected chi connectivity index (χ2v) is 6.26. The second kappa shape index (κ2) is 5.97. The van der Waals surface area contributed by atoms with Gasteiger partial charge in [-0.2, -0.15) is 0 Å². The lowest BCUT2D eigenvalue weighted by molar-refractivity contribution is 0.700. The monoisotopic (exact) mass is 357 g/mol. The number of aromatic nitrogens is 3. The first-order valence-corrected chi connectivity index (χ1v) is 7.77. The molecule has 2 heterocycles. The van der Waals surface area contributed by atoms with Crippen LogP contribution >= 0.6 is 47.0 Å². The van der Waals surface area contributed by atoms with E-state index in [1.54, 1.807) is 12.3 Å². The molecule has 2 aromatic heterocycles. The number of pyridine rings is 1. The van der Waals surface area contributed by atoms with Crippen molar-refractivity contribution in [1.82, 2.24) is 14.5 Å². The number of fused-ring (bicyclic) bond motifs is 1. The van der Waals surface area contributed by atoms with Crippen molar-refractivity contribution >= 4 is 58.2 Å². The summed E-state index contributed by atoms with van der Waals surface area (Å²) in [5, 5.41) is 1.86. The van der Waals surface area contributed by atoms with E-state index in [9.17, 15) is 0 Å². The van der Waals surface area contributed by atoms with E-state index >= 15 is 0 Å². The number of aryl methyl sites for hydroxylation is 2. The second-order valence-electron chi connectivity index (χ2n) is 4.59. The smallest absolute Gasteiger partial charge is 0.179 e.